The first-order chi connectivity index (χ1) is 8.30. The molecule has 1 aromatic carbocycles. The van der Waals surface area contributed by atoms with Crippen LogP contribution >= 0.6 is 0 Å². The molecule has 17 heavy (non-hydrogen) atoms. The molecule has 1 saturated heterocycles. The lowest BCUT2D eigenvalue weighted by Crippen LogP contribution is -2.41. The van der Waals surface area contributed by atoms with Crippen molar-refractivity contribution in [2.24, 2.45) is 0 Å². The SMILES string of the molecule is Nc1ccccc1C1(CN2CCOCC2)CC1. The summed E-state index contributed by atoms with van der Waals surface area (Å²) in [5.74, 6) is 0. The van der Waals surface area contributed by atoms with Crippen LogP contribution < -0.4 is 5.73 Å². The molecule has 92 valence electrons. The van der Waals surface area contributed by atoms with Crippen molar-refractivity contribution in [1.29, 1.82) is 0 Å². The second-order valence-electron chi connectivity index (χ2n) is 5.26. The summed E-state index contributed by atoms with van der Waals surface area (Å²) in [6.07, 6.45) is 2.55. The number of morpholine rings is 1. The number of hydrogen-bond donors (Lipinski definition) is 1. The largest absolute Gasteiger partial charge is 0.398 e. The van der Waals surface area contributed by atoms with Crippen LogP contribution in [0.3, 0.4) is 0 Å². The average Bonchev–Trinajstić information content (AvgIpc) is 3.12. The number of hydrogen-bond acceptors (Lipinski definition) is 3. The number of para-hydroxylation sites is 1. The van der Waals surface area contributed by atoms with Gasteiger partial charge < -0.3 is 10.5 Å². The first-order valence-electron chi connectivity index (χ1n) is 6.45. The van der Waals surface area contributed by atoms with Crippen LogP contribution in [0, 0.1) is 0 Å². The standard InChI is InChI=1S/C14H20N2O/c15-13-4-2-1-3-12(13)14(5-6-14)11-16-7-9-17-10-8-16/h1-4H,5-11,15H2. The predicted octanol–water partition coefficient (Wildman–Crippen LogP) is 1.63. The molecule has 2 aliphatic rings. The molecule has 1 aromatic rings. The summed E-state index contributed by atoms with van der Waals surface area (Å²) < 4.78 is 5.40. The van der Waals surface area contributed by atoms with Gasteiger partial charge in [-0.15, -0.1) is 0 Å². The highest BCUT2D eigenvalue weighted by Crippen LogP contribution is 2.50. The third-order valence-electron chi connectivity index (χ3n) is 4.02. The molecule has 0 unspecified atom stereocenters. The number of anilines is 1. The average molecular weight is 232 g/mol. The Hall–Kier alpha value is -1.06. The molecule has 0 bridgehead atoms. The molecular weight excluding hydrogens is 212 g/mol. The summed E-state index contributed by atoms with van der Waals surface area (Å²) in [6.45, 7) is 5.02. The zero-order valence-corrected chi connectivity index (χ0v) is 10.2. The van der Waals surface area contributed by atoms with Gasteiger partial charge in [-0.05, 0) is 24.5 Å². The molecule has 0 radical (unpaired) electrons. The van der Waals surface area contributed by atoms with Gasteiger partial charge >= 0.3 is 0 Å². The Balaban J connectivity index is 1.75. The highest BCUT2D eigenvalue weighted by atomic mass is 16.5. The minimum Gasteiger partial charge on any atom is -0.398 e. The van der Waals surface area contributed by atoms with Gasteiger partial charge in [0.15, 0.2) is 0 Å². The van der Waals surface area contributed by atoms with Gasteiger partial charge in [0.2, 0.25) is 0 Å². The van der Waals surface area contributed by atoms with Crippen LogP contribution in [0.2, 0.25) is 0 Å². The van der Waals surface area contributed by atoms with Crippen molar-refractivity contribution in [2.75, 3.05) is 38.6 Å². The minimum absolute atomic E-state index is 0.336. The lowest BCUT2D eigenvalue weighted by atomic mass is 9.93. The first kappa shape index (κ1) is 11.1. The second kappa shape index (κ2) is 4.31. The van der Waals surface area contributed by atoms with Crippen LogP contribution in [-0.2, 0) is 10.2 Å². The van der Waals surface area contributed by atoms with Gasteiger partial charge in [-0.2, -0.15) is 0 Å². The van der Waals surface area contributed by atoms with E-state index in [1.54, 1.807) is 0 Å². The number of nitrogens with zero attached hydrogens (tertiary/aromatic N) is 1. The fourth-order valence-electron chi connectivity index (χ4n) is 2.83. The molecule has 0 amide bonds. The van der Waals surface area contributed by atoms with Gasteiger partial charge in [-0.3, -0.25) is 4.90 Å². The molecular formula is C14H20N2O. The highest BCUT2D eigenvalue weighted by Gasteiger charge is 2.46. The van der Waals surface area contributed by atoms with Crippen LogP contribution in [0.15, 0.2) is 24.3 Å². The fraction of sp³-hybridized carbons (Fsp3) is 0.571. The maximum atomic E-state index is 6.11. The van der Waals surface area contributed by atoms with E-state index >= 15 is 0 Å². The van der Waals surface area contributed by atoms with Crippen LogP contribution in [0.5, 0.6) is 0 Å². The van der Waals surface area contributed by atoms with Gasteiger partial charge in [0.25, 0.3) is 0 Å². The quantitative estimate of drug-likeness (QED) is 0.805. The number of nitrogens with two attached hydrogens (primary N) is 1. The van der Waals surface area contributed by atoms with E-state index < -0.39 is 0 Å². The summed E-state index contributed by atoms with van der Waals surface area (Å²) >= 11 is 0. The zero-order valence-electron chi connectivity index (χ0n) is 10.2. The van der Waals surface area contributed by atoms with Gasteiger partial charge in [0.05, 0.1) is 13.2 Å². The molecule has 2 fully saturated rings. The second-order valence-corrected chi connectivity index (χ2v) is 5.26. The van der Waals surface area contributed by atoms with Crippen molar-refractivity contribution >= 4 is 5.69 Å². The number of ether oxygens (including phenoxy) is 1. The molecule has 3 rings (SSSR count). The summed E-state index contributed by atoms with van der Waals surface area (Å²) in [6, 6.07) is 8.34. The van der Waals surface area contributed by atoms with E-state index in [0.717, 1.165) is 38.5 Å². The monoisotopic (exact) mass is 232 g/mol. The molecule has 0 atom stereocenters. The molecule has 2 N–H and O–H groups in total. The number of nitrogen functional groups attached to an aromatic ring is 1. The summed E-state index contributed by atoms with van der Waals surface area (Å²) in [7, 11) is 0. The Bertz CT molecular complexity index is 395. The van der Waals surface area contributed by atoms with E-state index in [9.17, 15) is 0 Å². The summed E-state index contributed by atoms with van der Waals surface area (Å²) in [5.41, 5.74) is 8.75. The summed E-state index contributed by atoms with van der Waals surface area (Å²) in [4.78, 5) is 2.52. The van der Waals surface area contributed by atoms with E-state index in [2.05, 4.69) is 17.0 Å². The van der Waals surface area contributed by atoms with Gasteiger partial charge in [0.1, 0.15) is 0 Å². The smallest absolute Gasteiger partial charge is 0.0594 e. The topological polar surface area (TPSA) is 38.5 Å². The van der Waals surface area contributed by atoms with E-state index in [1.165, 1.54) is 18.4 Å². The fourth-order valence-corrected chi connectivity index (χ4v) is 2.83. The maximum Gasteiger partial charge on any atom is 0.0594 e. The Kier molecular flexibility index (Phi) is 2.81. The van der Waals surface area contributed by atoms with Crippen molar-refractivity contribution < 1.29 is 4.74 Å². The van der Waals surface area contributed by atoms with Crippen molar-refractivity contribution in [3.8, 4) is 0 Å². The Morgan fingerprint density at radius 2 is 1.88 bits per heavy atom. The third-order valence-corrected chi connectivity index (χ3v) is 4.02. The van der Waals surface area contributed by atoms with Gasteiger partial charge in [0, 0.05) is 30.7 Å². The molecule has 1 aliphatic carbocycles. The lowest BCUT2D eigenvalue weighted by molar-refractivity contribution is 0.0336. The first-order valence-corrected chi connectivity index (χ1v) is 6.45. The molecule has 0 aromatic heterocycles. The van der Waals surface area contributed by atoms with Crippen molar-refractivity contribution in [2.45, 2.75) is 18.3 Å². The van der Waals surface area contributed by atoms with Crippen LogP contribution in [0.1, 0.15) is 18.4 Å². The molecule has 1 aliphatic heterocycles. The van der Waals surface area contributed by atoms with Crippen molar-refractivity contribution in [1.82, 2.24) is 4.90 Å². The Morgan fingerprint density at radius 3 is 2.53 bits per heavy atom. The predicted molar refractivity (Wildman–Crippen MR) is 69.0 cm³/mol. The van der Waals surface area contributed by atoms with Gasteiger partial charge in [-0.1, -0.05) is 18.2 Å². The molecule has 1 saturated carbocycles. The van der Waals surface area contributed by atoms with E-state index in [0.29, 0.717) is 5.41 Å². The zero-order chi connectivity index (χ0) is 11.7. The van der Waals surface area contributed by atoms with Crippen LogP contribution in [0.4, 0.5) is 5.69 Å². The molecule has 1 heterocycles. The molecule has 3 heteroatoms. The van der Waals surface area contributed by atoms with E-state index in [1.807, 2.05) is 12.1 Å². The number of benzene rings is 1. The van der Waals surface area contributed by atoms with Gasteiger partial charge in [-0.25, -0.2) is 0 Å². The normalized spacial score (nSPS) is 23.5. The van der Waals surface area contributed by atoms with E-state index in [4.69, 9.17) is 10.5 Å². The lowest BCUT2D eigenvalue weighted by Gasteiger charge is -2.31. The molecule has 0 spiro atoms. The third kappa shape index (κ3) is 2.17. The minimum atomic E-state index is 0.336. The van der Waals surface area contributed by atoms with Crippen LogP contribution in [-0.4, -0.2) is 37.7 Å². The Morgan fingerprint density at radius 1 is 1.18 bits per heavy atom. The van der Waals surface area contributed by atoms with Crippen LogP contribution in [0.25, 0.3) is 0 Å². The highest BCUT2D eigenvalue weighted by molar-refractivity contribution is 5.53. The molecule has 3 nitrogen and oxygen atoms in total. The van der Waals surface area contributed by atoms with Crippen molar-refractivity contribution in [3.05, 3.63) is 29.8 Å². The number of rotatable bonds is 3. The summed E-state index contributed by atoms with van der Waals surface area (Å²) in [5, 5.41) is 0. The van der Waals surface area contributed by atoms with E-state index in [-0.39, 0.29) is 0 Å². The van der Waals surface area contributed by atoms with Crippen molar-refractivity contribution in [3.63, 3.8) is 0 Å². The Labute approximate surface area is 103 Å². The maximum absolute atomic E-state index is 6.11.